The number of hydrogen-bond donors (Lipinski definition) is 1. The van der Waals surface area contributed by atoms with Crippen molar-refractivity contribution < 1.29 is 4.79 Å². The summed E-state index contributed by atoms with van der Waals surface area (Å²) in [4.78, 5) is 20.7. The van der Waals surface area contributed by atoms with Crippen LogP contribution in [0.2, 0.25) is 0 Å². The van der Waals surface area contributed by atoms with Gasteiger partial charge >= 0.3 is 0 Å². The molecule has 2 fully saturated rings. The van der Waals surface area contributed by atoms with Gasteiger partial charge < -0.3 is 10.6 Å². The van der Waals surface area contributed by atoms with Gasteiger partial charge in [0, 0.05) is 32.7 Å². The average molecular weight is 260 g/mol. The second-order valence-electron chi connectivity index (χ2n) is 5.48. The number of pyridine rings is 1. The Morgan fingerprint density at radius 2 is 2.00 bits per heavy atom. The van der Waals surface area contributed by atoms with Crippen LogP contribution < -0.4 is 5.73 Å². The van der Waals surface area contributed by atoms with Crippen LogP contribution in [-0.4, -0.2) is 53.4 Å². The molecule has 3 rings (SSSR count). The minimum Gasteiger partial charge on any atom is -0.384 e. The van der Waals surface area contributed by atoms with Crippen molar-refractivity contribution in [2.75, 3.05) is 38.5 Å². The molecule has 1 saturated heterocycles. The fourth-order valence-electron chi connectivity index (χ4n) is 2.53. The maximum absolute atomic E-state index is 12.3. The van der Waals surface area contributed by atoms with Crippen LogP contribution in [0.15, 0.2) is 18.2 Å². The summed E-state index contributed by atoms with van der Waals surface area (Å²) in [5, 5.41) is 0. The quantitative estimate of drug-likeness (QED) is 0.874. The summed E-state index contributed by atoms with van der Waals surface area (Å²) in [5.74, 6) is 1.31. The SMILES string of the molecule is Nc1cccc(C(=O)N2CCN(CC3CC3)CC2)n1. The molecule has 5 heteroatoms. The van der Waals surface area contributed by atoms with Gasteiger partial charge in [0.15, 0.2) is 0 Å². The normalized spacial score (nSPS) is 20.5. The third-order valence-corrected chi connectivity index (χ3v) is 3.86. The summed E-state index contributed by atoms with van der Waals surface area (Å²) < 4.78 is 0. The zero-order chi connectivity index (χ0) is 13.2. The molecule has 0 radical (unpaired) electrons. The first-order valence-electron chi connectivity index (χ1n) is 6.96. The van der Waals surface area contributed by atoms with Crippen molar-refractivity contribution in [3.05, 3.63) is 23.9 Å². The smallest absolute Gasteiger partial charge is 0.272 e. The highest BCUT2D eigenvalue weighted by atomic mass is 16.2. The van der Waals surface area contributed by atoms with E-state index in [0.717, 1.165) is 32.1 Å². The first-order valence-corrected chi connectivity index (χ1v) is 6.96. The first-order chi connectivity index (χ1) is 9.22. The second kappa shape index (κ2) is 5.17. The highest BCUT2D eigenvalue weighted by Gasteiger charge is 2.28. The zero-order valence-electron chi connectivity index (χ0n) is 11.1. The Kier molecular flexibility index (Phi) is 3.38. The molecule has 0 unspecified atom stereocenters. The molecule has 102 valence electrons. The van der Waals surface area contributed by atoms with E-state index >= 15 is 0 Å². The molecule has 1 aliphatic heterocycles. The van der Waals surface area contributed by atoms with Crippen molar-refractivity contribution in [1.82, 2.24) is 14.8 Å². The largest absolute Gasteiger partial charge is 0.384 e. The Hall–Kier alpha value is -1.62. The molecule has 19 heavy (non-hydrogen) atoms. The van der Waals surface area contributed by atoms with Crippen molar-refractivity contribution in [3.63, 3.8) is 0 Å². The predicted molar refractivity (Wildman–Crippen MR) is 73.7 cm³/mol. The molecular weight excluding hydrogens is 240 g/mol. The minimum atomic E-state index is -0.00151. The molecule has 1 amide bonds. The Bertz CT molecular complexity index is 464. The topological polar surface area (TPSA) is 62.5 Å². The number of anilines is 1. The lowest BCUT2D eigenvalue weighted by Gasteiger charge is -2.34. The summed E-state index contributed by atoms with van der Waals surface area (Å²) in [6.45, 7) is 4.75. The van der Waals surface area contributed by atoms with Gasteiger partial charge in [0.25, 0.3) is 5.91 Å². The summed E-state index contributed by atoms with van der Waals surface area (Å²) in [7, 11) is 0. The van der Waals surface area contributed by atoms with Crippen molar-refractivity contribution in [1.29, 1.82) is 0 Å². The Balaban J connectivity index is 1.56. The van der Waals surface area contributed by atoms with Crippen LogP contribution >= 0.6 is 0 Å². The van der Waals surface area contributed by atoms with Crippen molar-refractivity contribution >= 4 is 11.7 Å². The Morgan fingerprint density at radius 3 is 2.63 bits per heavy atom. The summed E-state index contributed by atoms with van der Waals surface area (Å²) in [6.07, 6.45) is 2.76. The number of hydrogen-bond acceptors (Lipinski definition) is 4. The van der Waals surface area contributed by atoms with E-state index in [0.29, 0.717) is 11.5 Å². The van der Waals surface area contributed by atoms with E-state index in [2.05, 4.69) is 9.88 Å². The number of piperazine rings is 1. The van der Waals surface area contributed by atoms with Gasteiger partial charge in [0.1, 0.15) is 11.5 Å². The van der Waals surface area contributed by atoms with Crippen molar-refractivity contribution in [2.45, 2.75) is 12.8 Å². The van der Waals surface area contributed by atoms with Gasteiger partial charge in [0.2, 0.25) is 0 Å². The molecule has 1 aromatic rings. The first kappa shape index (κ1) is 12.4. The van der Waals surface area contributed by atoms with E-state index < -0.39 is 0 Å². The standard InChI is InChI=1S/C14H20N4O/c15-13-3-1-2-12(16-13)14(19)18-8-6-17(7-9-18)10-11-4-5-11/h1-3,11H,4-10H2,(H2,15,16). The molecule has 2 heterocycles. The van der Waals surface area contributed by atoms with Crippen molar-refractivity contribution in [2.24, 2.45) is 5.92 Å². The average Bonchev–Trinajstić information content (AvgIpc) is 3.23. The molecule has 2 N–H and O–H groups in total. The van der Waals surface area contributed by atoms with Gasteiger partial charge in [0.05, 0.1) is 0 Å². The second-order valence-corrected chi connectivity index (χ2v) is 5.48. The molecule has 0 aromatic carbocycles. The van der Waals surface area contributed by atoms with Crippen LogP contribution in [0.25, 0.3) is 0 Å². The van der Waals surface area contributed by atoms with Gasteiger partial charge in [-0.3, -0.25) is 9.69 Å². The number of nitrogen functional groups attached to an aromatic ring is 1. The molecule has 5 nitrogen and oxygen atoms in total. The van der Waals surface area contributed by atoms with E-state index in [-0.39, 0.29) is 5.91 Å². The predicted octanol–water partition coefficient (Wildman–Crippen LogP) is 0.832. The third kappa shape index (κ3) is 3.04. The van der Waals surface area contributed by atoms with Gasteiger partial charge in [-0.25, -0.2) is 4.98 Å². The van der Waals surface area contributed by atoms with Gasteiger partial charge in [-0.05, 0) is 30.9 Å². The van der Waals surface area contributed by atoms with E-state index in [1.54, 1.807) is 18.2 Å². The molecule has 2 aliphatic rings. The third-order valence-electron chi connectivity index (χ3n) is 3.86. The molecule has 1 aromatic heterocycles. The molecule has 0 bridgehead atoms. The number of carbonyl (C=O) groups is 1. The van der Waals surface area contributed by atoms with E-state index in [9.17, 15) is 4.79 Å². The lowest BCUT2D eigenvalue weighted by molar-refractivity contribution is 0.0626. The Morgan fingerprint density at radius 1 is 1.26 bits per heavy atom. The number of carbonyl (C=O) groups excluding carboxylic acids is 1. The minimum absolute atomic E-state index is 0.00151. The van der Waals surface area contributed by atoms with Gasteiger partial charge in [-0.2, -0.15) is 0 Å². The molecule has 0 spiro atoms. The van der Waals surface area contributed by atoms with Crippen molar-refractivity contribution in [3.8, 4) is 0 Å². The molecule has 1 aliphatic carbocycles. The highest BCUT2D eigenvalue weighted by Crippen LogP contribution is 2.29. The van der Waals surface area contributed by atoms with Crippen LogP contribution in [0.1, 0.15) is 23.3 Å². The maximum Gasteiger partial charge on any atom is 0.272 e. The Labute approximate surface area is 113 Å². The summed E-state index contributed by atoms with van der Waals surface area (Å²) in [5.41, 5.74) is 6.07. The molecule has 1 saturated carbocycles. The monoisotopic (exact) mass is 260 g/mol. The lowest BCUT2D eigenvalue weighted by atomic mass is 10.2. The maximum atomic E-state index is 12.3. The van der Waals surface area contributed by atoms with Crippen LogP contribution in [0.3, 0.4) is 0 Å². The number of nitrogens with two attached hydrogens (primary N) is 1. The number of amides is 1. The van der Waals surface area contributed by atoms with Crippen LogP contribution in [0.4, 0.5) is 5.82 Å². The number of rotatable bonds is 3. The fourth-order valence-corrected chi connectivity index (χ4v) is 2.53. The lowest BCUT2D eigenvalue weighted by Crippen LogP contribution is -2.49. The highest BCUT2D eigenvalue weighted by molar-refractivity contribution is 5.92. The van der Waals surface area contributed by atoms with Gasteiger partial charge in [-0.1, -0.05) is 6.07 Å². The zero-order valence-corrected chi connectivity index (χ0v) is 11.1. The number of nitrogens with zero attached hydrogens (tertiary/aromatic N) is 3. The summed E-state index contributed by atoms with van der Waals surface area (Å²) in [6, 6.07) is 5.21. The van der Waals surface area contributed by atoms with Crippen LogP contribution in [0, 0.1) is 5.92 Å². The van der Waals surface area contributed by atoms with Crippen LogP contribution in [-0.2, 0) is 0 Å². The van der Waals surface area contributed by atoms with E-state index in [4.69, 9.17) is 5.73 Å². The molecule has 0 atom stereocenters. The summed E-state index contributed by atoms with van der Waals surface area (Å²) >= 11 is 0. The van der Waals surface area contributed by atoms with Crippen LogP contribution in [0.5, 0.6) is 0 Å². The number of aromatic nitrogens is 1. The van der Waals surface area contributed by atoms with Gasteiger partial charge in [-0.15, -0.1) is 0 Å². The molecular formula is C14H20N4O. The van der Waals surface area contributed by atoms with E-state index in [1.165, 1.54) is 19.4 Å². The fraction of sp³-hybridized carbons (Fsp3) is 0.571. The van der Waals surface area contributed by atoms with E-state index in [1.807, 2.05) is 4.90 Å².